The molecule has 0 aromatic carbocycles. The molecule has 0 heterocycles. The highest BCUT2D eigenvalue weighted by Gasteiger charge is 2.24. The van der Waals surface area contributed by atoms with Crippen LogP contribution in [0.4, 0.5) is 0 Å². The first-order chi connectivity index (χ1) is 5.46. The summed E-state index contributed by atoms with van der Waals surface area (Å²) in [5.41, 5.74) is 5.91. The average Bonchev–Trinajstić information content (AvgIpc) is 2.02. The van der Waals surface area contributed by atoms with E-state index in [4.69, 9.17) is 10.5 Å². The molecule has 0 fully saturated rings. The molecular weight excluding hydrogens is 152 g/mol. The van der Waals surface area contributed by atoms with Crippen molar-refractivity contribution in [1.29, 1.82) is 0 Å². The van der Waals surface area contributed by atoms with Crippen molar-refractivity contribution < 1.29 is 4.74 Å². The van der Waals surface area contributed by atoms with Crippen LogP contribution in [0, 0.1) is 0 Å². The van der Waals surface area contributed by atoms with Gasteiger partial charge in [0.1, 0.15) is 11.4 Å². The van der Waals surface area contributed by atoms with Gasteiger partial charge in [0.25, 0.3) is 0 Å². The molecule has 1 unspecified atom stereocenters. The van der Waals surface area contributed by atoms with Crippen molar-refractivity contribution in [2.45, 2.75) is 32.8 Å². The Hall–Kier alpha value is -0.830. The Morgan fingerprint density at radius 1 is 1.67 bits per heavy atom. The minimum absolute atomic E-state index is 0.317. The molecule has 0 aromatic rings. The summed E-state index contributed by atoms with van der Waals surface area (Å²) in [6.07, 6.45) is 0.867. The molecule has 0 bridgehead atoms. The first kappa shape index (κ1) is 11.2. The molecule has 0 rings (SSSR count). The lowest BCUT2D eigenvalue weighted by Crippen LogP contribution is -2.35. The van der Waals surface area contributed by atoms with E-state index in [2.05, 4.69) is 11.6 Å². The molecule has 0 aliphatic rings. The fraction of sp³-hybridized carbons (Fsp3) is 0.667. The monoisotopic (exact) mass is 170 g/mol. The number of hydrogen-bond donors (Lipinski definition) is 1. The molecule has 3 nitrogen and oxygen atoms in total. The molecule has 0 aromatic heterocycles. The predicted molar refractivity (Wildman–Crippen MR) is 52.1 cm³/mol. The number of ether oxygens (including phenoxy) is 1. The van der Waals surface area contributed by atoms with Crippen LogP contribution < -0.4 is 5.73 Å². The third-order valence-electron chi connectivity index (χ3n) is 2.20. The van der Waals surface area contributed by atoms with Gasteiger partial charge in [0.05, 0.1) is 0 Å². The number of rotatable bonds is 4. The third kappa shape index (κ3) is 2.66. The van der Waals surface area contributed by atoms with Gasteiger partial charge in [-0.05, 0) is 20.3 Å². The summed E-state index contributed by atoms with van der Waals surface area (Å²) in [6, 6.07) is 0. The molecule has 0 radical (unpaired) electrons. The van der Waals surface area contributed by atoms with Gasteiger partial charge in [0.2, 0.25) is 0 Å². The molecular formula is C9H18N2O. The van der Waals surface area contributed by atoms with E-state index in [1.165, 1.54) is 0 Å². The second-order valence-electron chi connectivity index (χ2n) is 2.98. The van der Waals surface area contributed by atoms with Gasteiger partial charge in [-0.1, -0.05) is 13.5 Å². The highest BCUT2D eigenvalue weighted by Crippen LogP contribution is 2.16. The van der Waals surface area contributed by atoms with Crippen LogP contribution in [0.5, 0.6) is 0 Å². The second kappa shape index (κ2) is 4.26. The van der Waals surface area contributed by atoms with Gasteiger partial charge in [-0.15, -0.1) is 0 Å². The van der Waals surface area contributed by atoms with Crippen molar-refractivity contribution in [1.82, 2.24) is 0 Å². The van der Waals surface area contributed by atoms with Crippen molar-refractivity contribution >= 4 is 5.71 Å². The van der Waals surface area contributed by atoms with Gasteiger partial charge in [0.15, 0.2) is 0 Å². The molecule has 12 heavy (non-hydrogen) atoms. The van der Waals surface area contributed by atoms with Crippen molar-refractivity contribution in [2.24, 2.45) is 10.7 Å². The molecule has 0 amide bonds. The van der Waals surface area contributed by atoms with Gasteiger partial charge in [-0.3, -0.25) is 0 Å². The molecule has 2 N–H and O–H groups in total. The van der Waals surface area contributed by atoms with E-state index in [1.54, 1.807) is 7.11 Å². The Labute approximate surface area is 74.3 Å². The van der Waals surface area contributed by atoms with Crippen LogP contribution in [0.15, 0.2) is 17.4 Å². The highest BCUT2D eigenvalue weighted by atomic mass is 16.5. The van der Waals surface area contributed by atoms with Crippen LogP contribution in [-0.4, -0.2) is 18.4 Å². The van der Waals surface area contributed by atoms with E-state index in [-0.39, 0.29) is 5.60 Å². The standard InChI is InChI=1S/C9H18N2O/c1-6-9(4,12-5)7(2)11-8(3)10/h3,6,10H2,1-2,4-5H3/b11-7-. The number of nitrogens with two attached hydrogens (primary N) is 1. The Bertz CT molecular complexity index is 193. The van der Waals surface area contributed by atoms with Crippen molar-refractivity contribution in [3.05, 3.63) is 12.4 Å². The lowest BCUT2D eigenvalue weighted by molar-refractivity contribution is 0.0626. The molecule has 0 spiro atoms. The van der Waals surface area contributed by atoms with Crippen LogP contribution >= 0.6 is 0 Å². The zero-order valence-corrected chi connectivity index (χ0v) is 8.35. The van der Waals surface area contributed by atoms with E-state index in [1.807, 2.05) is 20.8 Å². The third-order valence-corrected chi connectivity index (χ3v) is 2.20. The first-order valence-electron chi connectivity index (χ1n) is 4.01. The summed E-state index contributed by atoms with van der Waals surface area (Å²) in [7, 11) is 1.67. The summed E-state index contributed by atoms with van der Waals surface area (Å²) in [5.74, 6) is 0.323. The van der Waals surface area contributed by atoms with Crippen LogP contribution in [0.3, 0.4) is 0 Å². The lowest BCUT2D eigenvalue weighted by atomic mass is 9.98. The Balaban J connectivity index is 4.63. The molecule has 0 saturated heterocycles. The summed E-state index contributed by atoms with van der Waals surface area (Å²) >= 11 is 0. The topological polar surface area (TPSA) is 47.6 Å². The quantitative estimate of drug-likeness (QED) is 0.653. The number of aliphatic imine (C=N–C) groups is 1. The summed E-state index contributed by atoms with van der Waals surface area (Å²) in [6.45, 7) is 9.43. The lowest BCUT2D eigenvalue weighted by Gasteiger charge is -2.26. The van der Waals surface area contributed by atoms with E-state index < -0.39 is 0 Å². The minimum atomic E-state index is -0.317. The largest absolute Gasteiger partial charge is 0.384 e. The first-order valence-corrected chi connectivity index (χ1v) is 4.01. The van der Waals surface area contributed by atoms with E-state index in [0.717, 1.165) is 12.1 Å². The highest BCUT2D eigenvalue weighted by molar-refractivity contribution is 5.90. The molecule has 0 aliphatic carbocycles. The van der Waals surface area contributed by atoms with E-state index in [0.29, 0.717) is 5.82 Å². The summed E-state index contributed by atoms with van der Waals surface area (Å²) in [5, 5.41) is 0. The Kier molecular flexibility index (Phi) is 3.96. The Morgan fingerprint density at radius 2 is 2.17 bits per heavy atom. The zero-order chi connectivity index (χ0) is 9.78. The smallest absolute Gasteiger partial charge is 0.116 e. The van der Waals surface area contributed by atoms with Crippen molar-refractivity contribution in [2.75, 3.05) is 7.11 Å². The maximum Gasteiger partial charge on any atom is 0.116 e. The van der Waals surface area contributed by atoms with Crippen molar-refractivity contribution in [3.63, 3.8) is 0 Å². The SMILES string of the molecule is C=C(N)/N=C(/C)C(C)(CC)OC. The maximum absolute atomic E-state index is 5.36. The summed E-state index contributed by atoms with van der Waals surface area (Å²) in [4.78, 5) is 4.07. The minimum Gasteiger partial charge on any atom is -0.384 e. The molecule has 70 valence electrons. The number of hydrogen-bond acceptors (Lipinski definition) is 3. The summed E-state index contributed by atoms with van der Waals surface area (Å²) < 4.78 is 5.32. The number of methoxy groups -OCH3 is 1. The maximum atomic E-state index is 5.36. The normalized spacial score (nSPS) is 17.2. The fourth-order valence-corrected chi connectivity index (χ4v) is 0.882. The van der Waals surface area contributed by atoms with Crippen LogP contribution in [0.1, 0.15) is 27.2 Å². The fourth-order valence-electron chi connectivity index (χ4n) is 0.882. The van der Waals surface area contributed by atoms with E-state index >= 15 is 0 Å². The Morgan fingerprint density at radius 3 is 2.42 bits per heavy atom. The van der Waals surface area contributed by atoms with Crippen molar-refractivity contribution in [3.8, 4) is 0 Å². The van der Waals surface area contributed by atoms with Gasteiger partial charge in [-0.25, -0.2) is 4.99 Å². The van der Waals surface area contributed by atoms with Crippen LogP contribution in [-0.2, 0) is 4.74 Å². The predicted octanol–water partition coefficient (Wildman–Crippen LogP) is 1.69. The zero-order valence-electron chi connectivity index (χ0n) is 8.35. The van der Waals surface area contributed by atoms with Crippen LogP contribution in [0.25, 0.3) is 0 Å². The second-order valence-corrected chi connectivity index (χ2v) is 2.98. The van der Waals surface area contributed by atoms with Gasteiger partial charge in [-0.2, -0.15) is 0 Å². The number of nitrogens with zero attached hydrogens (tertiary/aromatic N) is 1. The molecule has 0 saturated carbocycles. The van der Waals surface area contributed by atoms with E-state index in [9.17, 15) is 0 Å². The molecule has 1 atom stereocenters. The van der Waals surface area contributed by atoms with Gasteiger partial charge < -0.3 is 10.5 Å². The molecule has 0 aliphatic heterocycles. The van der Waals surface area contributed by atoms with Gasteiger partial charge in [0, 0.05) is 12.8 Å². The van der Waals surface area contributed by atoms with Gasteiger partial charge >= 0.3 is 0 Å². The van der Waals surface area contributed by atoms with Crippen LogP contribution in [0.2, 0.25) is 0 Å². The molecule has 3 heteroatoms. The average molecular weight is 170 g/mol.